The van der Waals surface area contributed by atoms with Gasteiger partial charge < -0.3 is 0 Å². The molecule has 0 saturated heterocycles. The second-order valence-corrected chi connectivity index (χ2v) is 3.66. The maximum Gasteiger partial charge on any atom is 0.269 e. The molecule has 16 heavy (non-hydrogen) atoms. The number of H-pyrrole nitrogens is 2. The molecule has 0 bridgehead atoms. The van der Waals surface area contributed by atoms with Crippen molar-refractivity contribution in [2.45, 2.75) is 6.92 Å². The van der Waals surface area contributed by atoms with E-state index >= 15 is 0 Å². The van der Waals surface area contributed by atoms with Crippen molar-refractivity contribution >= 4 is 17.9 Å². The fourth-order valence-corrected chi connectivity index (χ4v) is 1.57. The number of hydrogen-bond donors (Lipinski definition) is 2. The summed E-state index contributed by atoms with van der Waals surface area (Å²) in [5.41, 5.74) is 1.63. The Morgan fingerprint density at radius 1 is 1.44 bits per heavy atom. The minimum absolute atomic E-state index is 0.0652. The Morgan fingerprint density at radius 3 is 2.69 bits per heavy atom. The number of aryl methyl sites for hydroxylation is 1. The zero-order valence-electron chi connectivity index (χ0n) is 8.35. The zero-order chi connectivity index (χ0) is 11.7. The lowest BCUT2D eigenvalue weighted by Gasteiger charge is -2.01. The van der Waals surface area contributed by atoms with Crippen molar-refractivity contribution in [2.75, 3.05) is 0 Å². The van der Waals surface area contributed by atoms with Crippen molar-refractivity contribution < 1.29 is 4.92 Å². The van der Waals surface area contributed by atoms with Gasteiger partial charge in [0.2, 0.25) is 4.77 Å². The van der Waals surface area contributed by atoms with E-state index in [1.165, 1.54) is 12.1 Å². The summed E-state index contributed by atoms with van der Waals surface area (Å²) in [6.45, 7) is 1.79. The van der Waals surface area contributed by atoms with Crippen LogP contribution in [-0.4, -0.2) is 20.1 Å². The van der Waals surface area contributed by atoms with Gasteiger partial charge in [0, 0.05) is 17.7 Å². The topological polar surface area (TPSA) is 87.6 Å². The van der Waals surface area contributed by atoms with Crippen LogP contribution >= 0.6 is 12.2 Å². The Morgan fingerprint density at radius 2 is 2.19 bits per heavy atom. The molecule has 0 saturated carbocycles. The third kappa shape index (κ3) is 1.84. The SMILES string of the molecule is Cc1cc([N+](=O)[O-])ccc1-c1nc(=S)[nH][nH]1. The van der Waals surface area contributed by atoms with Crippen LogP contribution < -0.4 is 0 Å². The van der Waals surface area contributed by atoms with Crippen LogP contribution in [0.4, 0.5) is 5.69 Å². The first-order valence-electron chi connectivity index (χ1n) is 4.48. The van der Waals surface area contributed by atoms with Crippen molar-refractivity contribution in [2.24, 2.45) is 0 Å². The molecule has 0 amide bonds. The van der Waals surface area contributed by atoms with Crippen molar-refractivity contribution in [1.29, 1.82) is 0 Å². The molecule has 7 heteroatoms. The van der Waals surface area contributed by atoms with Gasteiger partial charge in [-0.25, -0.2) is 0 Å². The molecule has 0 unspecified atom stereocenters. The summed E-state index contributed by atoms with van der Waals surface area (Å²) in [6, 6.07) is 4.59. The van der Waals surface area contributed by atoms with Gasteiger partial charge in [0.25, 0.3) is 5.69 Å². The molecule has 0 aliphatic heterocycles. The highest BCUT2D eigenvalue weighted by Gasteiger charge is 2.10. The van der Waals surface area contributed by atoms with Crippen LogP contribution in [0.3, 0.4) is 0 Å². The van der Waals surface area contributed by atoms with E-state index in [4.69, 9.17) is 12.2 Å². The quantitative estimate of drug-likeness (QED) is 0.476. The number of nitro benzene ring substituents is 1. The molecule has 0 spiro atoms. The Labute approximate surface area is 95.5 Å². The van der Waals surface area contributed by atoms with Gasteiger partial charge >= 0.3 is 0 Å². The van der Waals surface area contributed by atoms with Crippen LogP contribution in [0, 0.1) is 21.8 Å². The number of nitro groups is 1. The lowest BCUT2D eigenvalue weighted by atomic mass is 10.1. The number of nitrogens with zero attached hydrogens (tertiary/aromatic N) is 2. The van der Waals surface area contributed by atoms with Gasteiger partial charge in [-0.05, 0) is 30.8 Å². The van der Waals surface area contributed by atoms with E-state index in [1.807, 2.05) is 0 Å². The smallest absolute Gasteiger partial charge is 0.269 e. The van der Waals surface area contributed by atoms with E-state index in [0.717, 1.165) is 11.1 Å². The number of aromatic nitrogens is 3. The summed E-state index contributed by atoms with van der Waals surface area (Å²) in [7, 11) is 0. The van der Waals surface area contributed by atoms with Gasteiger partial charge in [-0.15, -0.1) is 0 Å². The highest BCUT2D eigenvalue weighted by molar-refractivity contribution is 7.71. The predicted molar refractivity (Wildman–Crippen MR) is 60.6 cm³/mol. The molecule has 0 radical (unpaired) electrons. The first kappa shape index (κ1) is 10.5. The maximum absolute atomic E-state index is 10.6. The number of hydrogen-bond acceptors (Lipinski definition) is 4. The van der Waals surface area contributed by atoms with Gasteiger partial charge in [0.1, 0.15) is 0 Å². The van der Waals surface area contributed by atoms with E-state index in [-0.39, 0.29) is 5.69 Å². The standard InChI is InChI=1S/C9H8N4O2S/c1-5-4-6(13(14)15)2-3-7(5)8-10-9(16)12-11-8/h2-4H,1H3,(H2,10,11,12,16). The molecule has 0 aliphatic carbocycles. The molecule has 1 heterocycles. The first-order valence-corrected chi connectivity index (χ1v) is 4.89. The van der Waals surface area contributed by atoms with Crippen molar-refractivity contribution in [3.8, 4) is 11.4 Å². The van der Waals surface area contributed by atoms with Crippen LogP contribution in [0.5, 0.6) is 0 Å². The van der Waals surface area contributed by atoms with Gasteiger partial charge in [0.15, 0.2) is 5.82 Å². The van der Waals surface area contributed by atoms with Crippen molar-refractivity contribution in [3.05, 3.63) is 38.6 Å². The van der Waals surface area contributed by atoms with Crippen LogP contribution in [0.25, 0.3) is 11.4 Å². The summed E-state index contributed by atoms with van der Waals surface area (Å²) >= 11 is 4.84. The Kier molecular flexibility index (Phi) is 2.53. The number of aromatic amines is 2. The van der Waals surface area contributed by atoms with Gasteiger partial charge in [-0.1, -0.05) is 0 Å². The van der Waals surface area contributed by atoms with E-state index in [0.29, 0.717) is 10.6 Å². The van der Waals surface area contributed by atoms with Crippen LogP contribution in [0.1, 0.15) is 5.56 Å². The highest BCUT2D eigenvalue weighted by Crippen LogP contribution is 2.23. The van der Waals surface area contributed by atoms with E-state index < -0.39 is 4.92 Å². The molecule has 0 atom stereocenters. The van der Waals surface area contributed by atoms with E-state index in [9.17, 15) is 10.1 Å². The third-order valence-electron chi connectivity index (χ3n) is 2.18. The fourth-order valence-electron chi connectivity index (χ4n) is 1.42. The second kappa shape index (κ2) is 3.86. The number of nitrogens with one attached hydrogen (secondary N) is 2. The average molecular weight is 236 g/mol. The molecule has 0 fully saturated rings. The predicted octanol–water partition coefficient (Wildman–Crippen LogP) is 2.35. The van der Waals surface area contributed by atoms with Crippen LogP contribution in [-0.2, 0) is 0 Å². The maximum atomic E-state index is 10.6. The minimum Gasteiger partial charge on any atom is -0.282 e. The summed E-state index contributed by atoms with van der Waals surface area (Å²) in [6.07, 6.45) is 0. The Hall–Kier alpha value is -2.02. The second-order valence-electron chi connectivity index (χ2n) is 3.27. The summed E-state index contributed by atoms with van der Waals surface area (Å²) < 4.78 is 0.354. The molecule has 0 aliphatic rings. The first-order chi connectivity index (χ1) is 7.58. The molecule has 1 aromatic heterocycles. The molecule has 2 aromatic rings. The molecule has 82 valence electrons. The Balaban J connectivity index is 2.51. The summed E-state index contributed by atoms with van der Waals surface area (Å²) in [4.78, 5) is 14.2. The van der Waals surface area contributed by atoms with Crippen molar-refractivity contribution in [3.63, 3.8) is 0 Å². The lowest BCUT2D eigenvalue weighted by Crippen LogP contribution is -1.91. The average Bonchev–Trinajstić information content (AvgIpc) is 2.64. The Bertz CT molecular complexity index is 602. The molecular weight excluding hydrogens is 228 g/mol. The van der Waals surface area contributed by atoms with E-state index in [1.54, 1.807) is 13.0 Å². The third-order valence-corrected chi connectivity index (χ3v) is 2.37. The highest BCUT2D eigenvalue weighted by atomic mass is 32.1. The monoisotopic (exact) mass is 236 g/mol. The normalized spacial score (nSPS) is 10.3. The van der Waals surface area contributed by atoms with Gasteiger partial charge in [0.05, 0.1) is 4.92 Å². The largest absolute Gasteiger partial charge is 0.282 e. The fraction of sp³-hybridized carbons (Fsp3) is 0.111. The zero-order valence-corrected chi connectivity index (χ0v) is 9.17. The molecule has 1 aromatic carbocycles. The lowest BCUT2D eigenvalue weighted by molar-refractivity contribution is -0.384. The summed E-state index contributed by atoms with van der Waals surface area (Å²) in [5, 5.41) is 16.0. The van der Waals surface area contributed by atoms with Crippen molar-refractivity contribution in [1.82, 2.24) is 15.2 Å². The number of non-ortho nitro benzene ring substituents is 1. The molecule has 2 N–H and O–H groups in total. The number of benzene rings is 1. The minimum atomic E-state index is -0.427. The van der Waals surface area contributed by atoms with Crippen LogP contribution in [0.2, 0.25) is 0 Å². The molecule has 2 rings (SSSR count). The summed E-state index contributed by atoms with van der Waals surface area (Å²) in [5.74, 6) is 0.581. The van der Waals surface area contributed by atoms with Gasteiger partial charge in [-0.2, -0.15) is 4.98 Å². The molecular formula is C9H8N4O2S. The van der Waals surface area contributed by atoms with Crippen LogP contribution in [0.15, 0.2) is 18.2 Å². The van der Waals surface area contributed by atoms with E-state index in [2.05, 4.69) is 15.2 Å². The molecule has 6 nitrogen and oxygen atoms in total. The number of rotatable bonds is 2. The van der Waals surface area contributed by atoms with Gasteiger partial charge in [-0.3, -0.25) is 20.3 Å².